The van der Waals surface area contributed by atoms with Crippen LogP contribution in [0.15, 0.2) is 24.3 Å². The Morgan fingerprint density at radius 3 is 2.80 bits per heavy atom. The lowest BCUT2D eigenvalue weighted by Crippen LogP contribution is -2.45. The van der Waals surface area contributed by atoms with Gasteiger partial charge in [-0.1, -0.05) is 18.2 Å². The molecule has 1 saturated heterocycles. The van der Waals surface area contributed by atoms with Crippen LogP contribution in [0.3, 0.4) is 0 Å². The molecule has 1 aromatic rings. The second-order valence-corrected chi connectivity index (χ2v) is 5.63. The Kier molecular flexibility index (Phi) is 4.30. The molecule has 1 aliphatic heterocycles. The van der Waals surface area contributed by atoms with E-state index in [-0.39, 0.29) is 12.6 Å². The van der Waals surface area contributed by atoms with E-state index in [0.717, 1.165) is 11.3 Å². The minimum absolute atomic E-state index is 0.109. The third-order valence-electron chi connectivity index (χ3n) is 3.51. The van der Waals surface area contributed by atoms with E-state index in [9.17, 15) is 9.90 Å². The van der Waals surface area contributed by atoms with Gasteiger partial charge in [-0.3, -0.25) is 9.69 Å². The summed E-state index contributed by atoms with van der Waals surface area (Å²) in [7, 11) is 0. The molecule has 0 spiro atoms. The quantitative estimate of drug-likeness (QED) is 0.839. The fourth-order valence-electron chi connectivity index (χ4n) is 2.45. The van der Waals surface area contributed by atoms with E-state index in [4.69, 9.17) is 10.5 Å². The van der Waals surface area contributed by atoms with Crippen LogP contribution < -0.4 is 10.5 Å². The van der Waals surface area contributed by atoms with Crippen LogP contribution in [0.4, 0.5) is 0 Å². The summed E-state index contributed by atoms with van der Waals surface area (Å²) in [5.74, 6) is 0.198. The highest BCUT2D eigenvalue weighted by Crippen LogP contribution is 2.26. The molecule has 0 radical (unpaired) electrons. The van der Waals surface area contributed by atoms with Crippen LogP contribution >= 0.6 is 0 Å². The summed E-state index contributed by atoms with van der Waals surface area (Å²) in [6.07, 6.45) is 0.493. The van der Waals surface area contributed by atoms with Crippen LogP contribution in [0, 0.1) is 0 Å². The zero-order valence-electron chi connectivity index (χ0n) is 12.0. The Balaban J connectivity index is 2.06. The fourth-order valence-corrected chi connectivity index (χ4v) is 2.45. The molecule has 1 fully saturated rings. The molecule has 2 rings (SSSR count). The average molecular weight is 278 g/mol. The van der Waals surface area contributed by atoms with Gasteiger partial charge in [-0.2, -0.15) is 0 Å². The number of likely N-dealkylation sites (tertiary alicyclic amines) is 1. The summed E-state index contributed by atoms with van der Waals surface area (Å²) in [5, 5.41) is 10.1. The molecule has 1 aliphatic rings. The highest BCUT2D eigenvalue weighted by molar-refractivity contribution is 5.83. The fraction of sp³-hybridized carbons (Fsp3) is 0.533. The number of aliphatic hydroxyl groups is 1. The summed E-state index contributed by atoms with van der Waals surface area (Å²) in [6.45, 7) is 5.53. The summed E-state index contributed by atoms with van der Waals surface area (Å²) in [5.41, 5.74) is 4.90. The molecular formula is C15H22N2O3. The van der Waals surface area contributed by atoms with Crippen LogP contribution in [0.5, 0.6) is 5.75 Å². The van der Waals surface area contributed by atoms with E-state index >= 15 is 0 Å². The highest BCUT2D eigenvalue weighted by atomic mass is 16.5. The van der Waals surface area contributed by atoms with Gasteiger partial charge in [-0.15, -0.1) is 0 Å². The molecule has 3 N–H and O–H groups in total. The molecule has 0 bridgehead atoms. The zero-order valence-corrected chi connectivity index (χ0v) is 12.0. The van der Waals surface area contributed by atoms with Gasteiger partial charge >= 0.3 is 0 Å². The van der Waals surface area contributed by atoms with Gasteiger partial charge in [0.25, 0.3) is 5.91 Å². The summed E-state index contributed by atoms with van der Waals surface area (Å²) < 4.78 is 5.77. The van der Waals surface area contributed by atoms with Crippen molar-refractivity contribution >= 4 is 5.91 Å². The van der Waals surface area contributed by atoms with Gasteiger partial charge in [0.1, 0.15) is 5.75 Å². The number of β-amino-alcohol motifs (C(OH)–C–C–N with tert-alkyl or cyclic N) is 1. The van der Waals surface area contributed by atoms with Crippen LogP contribution in [0.25, 0.3) is 0 Å². The SMILES string of the molecule is CC(C)Oc1ccccc1CN1CCC(O)(C(N)=O)C1. The van der Waals surface area contributed by atoms with Crippen molar-refractivity contribution in [2.75, 3.05) is 13.1 Å². The first-order valence-corrected chi connectivity index (χ1v) is 6.90. The van der Waals surface area contributed by atoms with Crippen molar-refractivity contribution < 1.29 is 14.6 Å². The maximum atomic E-state index is 11.3. The van der Waals surface area contributed by atoms with E-state index in [2.05, 4.69) is 0 Å². The molecule has 110 valence electrons. The molecule has 1 heterocycles. The van der Waals surface area contributed by atoms with Crippen LogP contribution in [0.2, 0.25) is 0 Å². The van der Waals surface area contributed by atoms with E-state index in [1.807, 2.05) is 43.0 Å². The Bertz CT molecular complexity index is 490. The van der Waals surface area contributed by atoms with Crippen molar-refractivity contribution in [3.8, 4) is 5.75 Å². The van der Waals surface area contributed by atoms with Gasteiger partial charge in [0.05, 0.1) is 6.10 Å². The number of amides is 1. The molecule has 0 aromatic heterocycles. The number of carbonyl (C=O) groups excluding carboxylic acids is 1. The summed E-state index contributed by atoms with van der Waals surface area (Å²) in [4.78, 5) is 13.3. The Hall–Kier alpha value is -1.59. The first-order valence-electron chi connectivity index (χ1n) is 6.90. The summed E-state index contributed by atoms with van der Waals surface area (Å²) in [6, 6.07) is 7.83. The molecule has 1 aromatic carbocycles. The number of hydrogen-bond acceptors (Lipinski definition) is 4. The number of carbonyl (C=O) groups is 1. The topological polar surface area (TPSA) is 75.8 Å². The minimum Gasteiger partial charge on any atom is -0.491 e. The average Bonchev–Trinajstić information content (AvgIpc) is 2.74. The maximum absolute atomic E-state index is 11.3. The van der Waals surface area contributed by atoms with Crippen molar-refractivity contribution in [3.63, 3.8) is 0 Å². The monoisotopic (exact) mass is 278 g/mol. The number of para-hydroxylation sites is 1. The van der Waals surface area contributed by atoms with Gasteiger partial charge in [-0.25, -0.2) is 0 Å². The molecule has 0 saturated carbocycles. The lowest BCUT2D eigenvalue weighted by Gasteiger charge is -2.21. The van der Waals surface area contributed by atoms with Crippen LogP contribution in [-0.2, 0) is 11.3 Å². The highest BCUT2D eigenvalue weighted by Gasteiger charge is 2.41. The predicted molar refractivity (Wildman–Crippen MR) is 76.2 cm³/mol. The van der Waals surface area contributed by atoms with Crippen molar-refractivity contribution in [2.24, 2.45) is 5.73 Å². The minimum atomic E-state index is -1.39. The second-order valence-electron chi connectivity index (χ2n) is 5.63. The van der Waals surface area contributed by atoms with Crippen LogP contribution in [0.1, 0.15) is 25.8 Å². The van der Waals surface area contributed by atoms with Gasteiger partial charge in [0.2, 0.25) is 0 Å². The van der Waals surface area contributed by atoms with Gasteiger partial charge in [-0.05, 0) is 26.3 Å². The van der Waals surface area contributed by atoms with Crippen molar-refractivity contribution in [3.05, 3.63) is 29.8 Å². The zero-order chi connectivity index (χ0) is 14.8. The predicted octanol–water partition coefficient (Wildman–Crippen LogP) is 0.896. The largest absolute Gasteiger partial charge is 0.491 e. The summed E-state index contributed by atoms with van der Waals surface area (Å²) >= 11 is 0. The molecule has 20 heavy (non-hydrogen) atoms. The Labute approximate surface area is 119 Å². The smallest absolute Gasteiger partial charge is 0.250 e. The maximum Gasteiger partial charge on any atom is 0.250 e. The van der Waals surface area contributed by atoms with Crippen molar-refractivity contribution in [1.82, 2.24) is 4.90 Å². The van der Waals surface area contributed by atoms with Gasteiger partial charge < -0.3 is 15.6 Å². The number of primary amides is 1. The lowest BCUT2D eigenvalue weighted by molar-refractivity contribution is -0.134. The van der Waals surface area contributed by atoms with E-state index in [0.29, 0.717) is 19.5 Å². The molecule has 1 atom stereocenters. The normalized spacial score (nSPS) is 23.2. The number of ether oxygens (including phenoxy) is 1. The number of nitrogens with two attached hydrogens (primary N) is 1. The van der Waals surface area contributed by atoms with E-state index < -0.39 is 11.5 Å². The van der Waals surface area contributed by atoms with E-state index in [1.54, 1.807) is 0 Å². The number of rotatable bonds is 5. The molecule has 1 unspecified atom stereocenters. The van der Waals surface area contributed by atoms with Gasteiger partial charge in [0, 0.05) is 25.2 Å². The molecule has 1 amide bonds. The third-order valence-corrected chi connectivity index (χ3v) is 3.51. The number of hydrogen-bond donors (Lipinski definition) is 2. The van der Waals surface area contributed by atoms with Crippen molar-refractivity contribution in [2.45, 2.75) is 38.5 Å². The first kappa shape index (κ1) is 14.8. The lowest BCUT2D eigenvalue weighted by atomic mass is 10.0. The number of benzene rings is 1. The van der Waals surface area contributed by atoms with Crippen molar-refractivity contribution in [1.29, 1.82) is 0 Å². The second kappa shape index (κ2) is 5.81. The number of nitrogens with zero attached hydrogens (tertiary/aromatic N) is 1. The third kappa shape index (κ3) is 3.29. The van der Waals surface area contributed by atoms with E-state index in [1.165, 1.54) is 0 Å². The molecule has 0 aliphatic carbocycles. The molecular weight excluding hydrogens is 256 g/mol. The van der Waals surface area contributed by atoms with Gasteiger partial charge in [0.15, 0.2) is 5.60 Å². The van der Waals surface area contributed by atoms with Crippen LogP contribution in [-0.4, -0.2) is 40.7 Å². The first-order chi connectivity index (χ1) is 9.40. The molecule has 5 nitrogen and oxygen atoms in total. The Morgan fingerprint density at radius 2 is 2.20 bits per heavy atom. The standard InChI is InChI=1S/C15H22N2O3/c1-11(2)20-13-6-4-3-5-12(13)9-17-8-7-15(19,10-17)14(16)18/h3-6,11,19H,7-10H2,1-2H3,(H2,16,18). The Morgan fingerprint density at radius 1 is 1.50 bits per heavy atom. The molecule has 5 heteroatoms.